The van der Waals surface area contributed by atoms with Crippen LogP contribution >= 0.6 is 0 Å². The molecule has 0 aromatic carbocycles. The number of piperidine rings is 1. The van der Waals surface area contributed by atoms with Crippen molar-refractivity contribution in [3.8, 4) is 0 Å². The van der Waals surface area contributed by atoms with E-state index < -0.39 is 0 Å². The van der Waals surface area contributed by atoms with Gasteiger partial charge in [-0.25, -0.2) is 0 Å². The quantitative estimate of drug-likeness (QED) is 0.598. The lowest BCUT2D eigenvalue weighted by Crippen LogP contribution is -2.39. The highest BCUT2D eigenvalue weighted by Gasteiger charge is 2.28. The number of nitrogens with zero attached hydrogens (tertiary/aromatic N) is 1. The normalized spacial score (nSPS) is 27.5. The van der Waals surface area contributed by atoms with Gasteiger partial charge in [0, 0.05) is 13.2 Å². The minimum atomic E-state index is -0.361. The zero-order valence-corrected chi connectivity index (χ0v) is 13.6. The van der Waals surface area contributed by atoms with Crippen molar-refractivity contribution >= 4 is 5.97 Å². The third-order valence-electron chi connectivity index (χ3n) is 4.55. The van der Waals surface area contributed by atoms with Gasteiger partial charge in [-0.1, -0.05) is 12.2 Å². The van der Waals surface area contributed by atoms with Crippen molar-refractivity contribution in [2.45, 2.75) is 51.2 Å². The summed E-state index contributed by atoms with van der Waals surface area (Å²) in [7, 11) is 0. The number of hydrogen-bond donors (Lipinski definition) is 1. The second-order valence-corrected chi connectivity index (χ2v) is 6.38. The summed E-state index contributed by atoms with van der Waals surface area (Å²) in [6.45, 7) is 9.80. The Morgan fingerprint density at radius 2 is 2.09 bits per heavy atom. The van der Waals surface area contributed by atoms with Crippen LogP contribution in [-0.4, -0.2) is 61.0 Å². The molecule has 2 atom stereocenters. The molecule has 2 aliphatic rings. The zero-order chi connectivity index (χ0) is 15.9. The molecule has 0 amide bonds. The van der Waals surface area contributed by atoms with Crippen LogP contribution in [0.5, 0.6) is 0 Å². The number of aliphatic hydroxyl groups is 1. The number of ether oxygens (including phenoxy) is 2. The summed E-state index contributed by atoms with van der Waals surface area (Å²) in [4.78, 5) is 14.0. The first kappa shape index (κ1) is 17.4. The molecule has 0 unspecified atom stereocenters. The van der Waals surface area contributed by atoms with E-state index >= 15 is 0 Å². The number of rotatable bonds is 6. The maximum atomic E-state index is 11.7. The Kier molecular flexibility index (Phi) is 6.86. The molecular weight excluding hydrogens is 282 g/mol. The summed E-state index contributed by atoms with van der Waals surface area (Å²) in [6.07, 6.45) is 3.73. The van der Waals surface area contributed by atoms with Crippen molar-refractivity contribution < 1.29 is 19.4 Å². The van der Waals surface area contributed by atoms with Gasteiger partial charge in [0.15, 0.2) is 0 Å². The van der Waals surface area contributed by atoms with Gasteiger partial charge in [-0.15, -0.1) is 0 Å². The van der Waals surface area contributed by atoms with Crippen molar-refractivity contribution in [3.05, 3.63) is 12.2 Å². The third kappa shape index (κ3) is 5.07. The fourth-order valence-electron chi connectivity index (χ4n) is 3.27. The minimum Gasteiger partial charge on any atom is -0.466 e. The van der Waals surface area contributed by atoms with Crippen LogP contribution in [0.15, 0.2) is 12.2 Å². The van der Waals surface area contributed by atoms with E-state index in [-0.39, 0.29) is 24.1 Å². The molecule has 2 fully saturated rings. The molecule has 2 saturated heterocycles. The van der Waals surface area contributed by atoms with Crippen molar-refractivity contribution in [1.29, 1.82) is 0 Å². The van der Waals surface area contributed by atoms with Gasteiger partial charge in [0.05, 0.1) is 24.7 Å². The predicted octanol–water partition coefficient (Wildman–Crippen LogP) is 1.75. The Balaban J connectivity index is 1.69. The molecule has 2 aliphatic heterocycles. The van der Waals surface area contributed by atoms with E-state index in [1.807, 2.05) is 6.92 Å². The lowest BCUT2D eigenvalue weighted by molar-refractivity contribution is -0.149. The molecule has 0 aliphatic carbocycles. The Hall–Kier alpha value is -0.910. The average molecular weight is 311 g/mol. The van der Waals surface area contributed by atoms with Crippen molar-refractivity contribution in [2.24, 2.45) is 5.92 Å². The predicted molar refractivity (Wildman–Crippen MR) is 84.5 cm³/mol. The Bertz CT molecular complexity index is 377. The standard InChI is InChI=1S/C17H29NO4/c1-3-21-17(20)14-6-8-18(9-7-14)12-13(2)11-16-15(19)5-4-10-22-16/h14-16,19H,2-12H2,1H3/t15-,16-/m0/s1. The minimum absolute atomic E-state index is 0.0490. The van der Waals surface area contributed by atoms with Gasteiger partial charge in [-0.3, -0.25) is 9.69 Å². The first-order valence-electron chi connectivity index (χ1n) is 8.45. The number of hydrogen-bond acceptors (Lipinski definition) is 5. The molecule has 22 heavy (non-hydrogen) atoms. The topological polar surface area (TPSA) is 59.0 Å². The highest BCUT2D eigenvalue weighted by atomic mass is 16.5. The van der Waals surface area contributed by atoms with Gasteiger partial charge in [0.1, 0.15) is 0 Å². The fourth-order valence-corrected chi connectivity index (χ4v) is 3.27. The average Bonchev–Trinajstić information content (AvgIpc) is 2.50. The molecule has 2 heterocycles. The number of aliphatic hydroxyl groups excluding tert-OH is 1. The van der Waals surface area contributed by atoms with Crippen LogP contribution in [0.25, 0.3) is 0 Å². The summed E-state index contributed by atoms with van der Waals surface area (Å²) in [5.41, 5.74) is 1.10. The number of likely N-dealkylation sites (tertiary alicyclic amines) is 1. The van der Waals surface area contributed by atoms with Crippen LogP contribution in [-0.2, 0) is 14.3 Å². The van der Waals surface area contributed by atoms with Crippen LogP contribution in [0.2, 0.25) is 0 Å². The molecule has 0 radical (unpaired) electrons. The third-order valence-corrected chi connectivity index (χ3v) is 4.55. The van der Waals surface area contributed by atoms with Gasteiger partial charge < -0.3 is 14.6 Å². The van der Waals surface area contributed by atoms with Gasteiger partial charge >= 0.3 is 5.97 Å². The van der Waals surface area contributed by atoms with Crippen LogP contribution < -0.4 is 0 Å². The smallest absolute Gasteiger partial charge is 0.309 e. The van der Waals surface area contributed by atoms with Gasteiger partial charge in [0.2, 0.25) is 0 Å². The van der Waals surface area contributed by atoms with E-state index in [1.54, 1.807) is 0 Å². The van der Waals surface area contributed by atoms with Crippen molar-refractivity contribution in [3.63, 3.8) is 0 Å². The maximum Gasteiger partial charge on any atom is 0.309 e. The molecule has 5 heteroatoms. The molecular formula is C17H29NO4. The molecule has 126 valence electrons. The molecule has 0 bridgehead atoms. The van der Waals surface area contributed by atoms with Gasteiger partial charge in [0.25, 0.3) is 0 Å². The zero-order valence-electron chi connectivity index (χ0n) is 13.6. The first-order chi connectivity index (χ1) is 10.6. The summed E-state index contributed by atoms with van der Waals surface area (Å²) >= 11 is 0. The Labute approximate surface area is 133 Å². The SMILES string of the molecule is C=C(C[C@@H]1OCCC[C@@H]1O)CN1CCC(C(=O)OCC)CC1. The highest BCUT2D eigenvalue weighted by molar-refractivity contribution is 5.72. The maximum absolute atomic E-state index is 11.7. The summed E-state index contributed by atoms with van der Waals surface area (Å²) in [5, 5.41) is 9.94. The molecule has 0 aromatic rings. The second kappa shape index (κ2) is 8.65. The summed E-state index contributed by atoms with van der Waals surface area (Å²) in [6, 6.07) is 0. The van der Waals surface area contributed by atoms with Crippen LogP contribution in [0.1, 0.15) is 39.0 Å². The Morgan fingerprint density at radius 3 is 2.73 bits per heavy atom. The molecule has 5 nitrogen and oxygen atoms in total. The molecule has 2 rings (SSSR count). The van der Waals surface area contributed by atoms with E-state index in [0.717, 1.165) is 63.9 Å². The van der Waals surface area contributed by atoms with Crippen molar-refractivity contribution in [2.75, 3.05) is 32.8 Å². The lowest BCUT2D eigenvalue weighted by atomic mass is 9.95. The largest absolute Gasteiger partial charge is 0.466 e. The first-order valence-corrected chi connectivity index (χ1v) is 8.45. The van der Waals surface area contributed by atoms with Crippen molar-refractivity contribution in [1.82, 2.24) is 4.90 Å². The lowest BCUT2D eigenvalue weighted by Gasteiger charge is -2.33. The van der Waals surface area contributed by atoms with E-state index in [1.165, 1.54) is 0 Å². The van der Waals surface area contributed by atoms with Crippen LogP contribution in [0, 0.1) is 5.92 Å². The Morgan fingerprint density at radius 1 is 1.36 bits per heavy atom. The van der Waals surface area contributed by atoms with E-state index in [4.69, 9.17) is 9.47 Å². The van der Waals surface area contributed by atoms with E-state index in [2.05, 4.69) is 11.5 Å². The molecule has 0 spiro atoms. The molecule has 0 saturated carbocycles. The second-order valence-electron chi connectivity index (χ2n) is 6.38. The van der Waals surface area contributed by atoms with E-state index in [0.29, 0.717) is 6.61 Å². The summed E-state index contributed by atoms with van der Waals surface area (Å²) in [5.74, 6) is -0.00679. The highest BCUT2D eigenvalue weighted by Crippen LogP contribution is 2.23. The van der Waals surface area contributed by atoms with Crippen LogP contribution in [0.4, 0.5) is 0 Å². The number of carbonyl (C=O) groups excluding carboxylic acids is 1. The number of esters is 1. The van der Waals surface area contributed by atoms with Gasteiger partial charge in [-0.2, -0.15) is 0 Å². The fraction of sp³-hybridized carbons (Fsp3) is 0.824. The summed E-state index contributed by atoms with van der Waals surface area (Å²) < 4.78 is 10.7. The van der Waals surface area contributed by atoms with E-state index in [9.17, 15) is 9.90 Å². The number of carbonyl (C=O) groups is 1. The molecule has 1 N–H and O–H groups in total. The van der Waals surface area contributed by atoms with Gasteiger partial charge in [-0.05, 0) is 52.1 Å². The van der Waals surface area contributed by atoms with Crippen LogP contribution in [0.3, 0.4) is 0 Å². The monoisotopic (exact) mass is 311 g/mol. The molecule has 0 aromatic heterocycles.